The lowest BCUT2D eigenvalue weighted by atomic mass is 9.90. The maximum Gasteiger partial charge on any atom is 0.410 e. The summed E-state index contributed by atoms with van der Waals surface area (Å²) in [5, 5.41) is 9.21. The Morgan fingerprint density at radius 3 is 2.71 bits per heavy atom. The van der Waals surface area contributed by atoms with Crippen LogP contribution in [0.4, 0.5) is 4.79 Å². The van der Waals surface area contributed by atoms with Gasteiger partial charge in [-0.15, -0.1) is 0 Å². The zero-order valence-corrected chi connectivity index (χ0v) is 16.5. The number of aromatic nitrogens is 1. The molecule has 1 atom stereocenters. The number of piperidine rings is 1. The lowest BCUT2D eigenvalue weighted by Gasteiger charge is -2.34. The van der Waals surface area contributed by atoms with Gasteiger partial charge in [-0.1, -0.05) is 12.1 Å². The quantitative estimate of drug-likeness (QED) is 0.842. The van der Waals surface area contributed by atoms with Crippen LogP contribution in [-0.2, 0) is 4.74 Å². The second-order valence-corrected chi connectivity index (χ2v) is 8.13. The Labute approximate surface area is 165 Å². The topological polar surface area (TPSA) is 79.7 Å². The fourth-order valence-electron chi connectivity index (χ4n) is 3.41. The van der Waals surface area contributed by atoms with Crippen molar-refractivity contribution < 1.29 is 19.4 Å². The molecule has 3 rings (SSSR count). The van der Waals surface area contributed by atoms with E-state index in [1.54, 1.807) is 29.3 Å². The SMILES string of the molecule is CC(C)(C)OC(=O)N1CCCC(c2ccnc(-c3cccc(C(=O)O)c3)c2)C1. The molecular formula is C22H26N2O4. The Kier molecular flexibility index (Phi) is 5.68. The Morgan fingerprint density at radius 2 is 2.00 bits per heavy atom. The number of carbonyl (C=O) groups excluding carboxylic acids is 1. The molecule has 0 aliphatic carbocycles. The molecule has 6 nitrogen and oxygen atoms in total. The van der Waals surface area contributed by atoms with Crippen LogP contribution in [0.1, 0.15) is 55.5 Å². The first-order chi connectivity index (χ1) is 13.2. The molecule has 1 fully saturated rings. The molecule has 1 N–H and O–H groups in total. The van der Waals surface area contributed by atoms with Crippen LogP contribution in [0.25, 0.3) is 11.3 Å². The normalized spacial score (nSPS) is 17.2. The van der Waals surface area contributed by atoms with E-state index >= 15 is 0 Å². The zero-order chi connectivity index (χ0) is 20.3. The molecule has 0 radical (unpaired) electrons. The third kappa shape index (κ3) is 4.88. The van der Waals surface area contributed by atoms with Gasteiger partial charge in [0.1, 0.15) is 5.60 Å². The van der Waals surface area contributed by atoms with E-state index in [1.165, 1.54) is 0 Å². The third-order valence-corrected chi connectivity index (χ3v) is 4.73. The van der Waals surface area contributed by atoms with Crippen LogP contribution in [0.3, 0.4) is 0 Å². The van der Waals surface area contributed by atoms with Crippen molar-refractivity contribution >= 4 is 12.1 Å². The van der Waals surface area contributed by atoms with Crippen LogP contribution < -0.4 is 0 Å². The molecule has 1 aromatic carbocycles. The van der Waals surface area contributed by atoms with Crippen molar-refractivity contribution in [2.45, 2.75) is 45.1 Å². The van der Waals surface area contributed by atoms with Crippen LogP contribution in [-0.4, -0.2) is 45.7 Å². The van der Waals surface area contributed by atoms with E-state index < -0.39 is 11.6 Å². The van der Waals surface area contributed by atoms with Crippen molar-refractivity contribution in [1.29, 1.82) is 0 Å². The largest absolute Gasteiger partial charge is 0.478 e. The van der Waals surface area contributed by atoms with Gasteiger partial charge in [0.05, 0.1) is 11.3 Å². The van der Waals surface area contributed by atoms with E-state index in [9.17, 15) is 14.7 Å². The van der Waals surface area contributed by atoms with Gasteiger partial charge in [-0.05, 0) is 63.4 Å². The summed E-state index contributed by atoms with van der Waals surface area (Å²) < 4.78 is 5.51. The summed E-state index contributed by atoms with van der Waals surface area (Å²) in [7, 11) is 0. The molecule has 1 aliphatic heterocycles. The maximum atomic E-state index is 12.4. The van der Waals surface area contributed by atoms with Crippen LogP contribution in [0, 0.1) is 0 Å². The summed E-state index contributed by atoms with van der Waals surface area (Å²) in [6.45, 7) is 6.91. The van der Waals surface area contributed by atoms with Gasteiger partial charge in [0.25, 0.3) is 0 Å². The molecule has 0 saturated carbocycles. The molecule has 1 amide bonds. The van der Waals surface area contributed by atoms with Crippen molar-refractivity contribution in [3.8, 4) is 11.3 Å². The molecular weight excluding hydrogens is 356 g/mol. The number of carboxylic acid groups (broad SMARTS) is 1. The molecule has 28 heavy (non-hydrogen) atoms. The molecule has 1 saturated heterocycles. The molecule has 6 heteroatoms. The number of carbonyl (C=O) groups is 2. The van der Waals surface area contributed by atoms with Crippen molar-refractivity contribution in [1.82, 2.24) is 9.88 Å². The number of benzene rings is 1. The molecule has 0 bridgehead atoms. The number of carboxylic acids is 1. The molecule has 2 aromatic rings. The summed E-state index contributed by atoms with van der Waals surface area (Å²) >= 11 is 0. The molecule has 0 spiro atoms. The average molecular weight is 382 g/mol. The van der Waals surface area contributed by atoms with Gasteiger partial charge in [-0.2, -0.15) is 0 Å². The van der Waals surface area contributed by atoms with Gasteiger partial charge in [0, 0.05) is 30.8 Å². The van der Waals surface area contributed by atoms with Gasteiger partial charge >= 0.3 is 12.1 Å². The zero-order valence-electron chi connectivity index (χ0n) is 16.5. The second kappa shape index (κ2) is 8.00. The lowest BCUT2D eigenvalue weighted by molar-refractivity contribution is 0.0198. The van der Waals surface area contributed by atoms with Crippen molar-refractivity contribution in [2.75, 3.05) is 13.1 Å². The highest BCUT2D eigenvalue weighted by molar-refractivity contribution is 5.89. The summed E-state index contributed by atoms with van der Waals surface area (Å²) in [5.41, 5.74) is 2.32. The Morgan fingerprint density at radius 1 is 1.21 bits per heavy atom. The number of nitrogens with zero attached hydrogens (tertiary/aromatic N) is 2. The number of hydrogen-bond acceptors (Lipinski definition) is 4. The van der Waals surface area contributed by atoms with Crippen LogP contribution in [0.5, 0.6) is 0 Å². The minimum absolute atomic E-state index is 0.200. The highest BCUT2D eigenvalue weighted by Gasteiger charge is 2.28. The van der Waals surface area contributed by atoms with E-state index in [0.717, 1.165) is 29.7 Å². The van der Waals surface area contributed by atoms with Crippen molar-refractivity contribution in [3.05, 3.63) is 53.7 Å². The summed E-state index contributed by atoms with van der Waals surface area (Å²) in [4.78, 5) is 29.8. The summed E-state index contributed by atoms with van der Waals surface area (Å²) in [6.07, 6.45) is 3.36. The molecule has 148 valence electrons. The number of pyridine rings is 1. The molecule has 2 heterocycles. The van der Waals surface area contributed by atoms with Crippen molar-refractivity contribution in [2.24, 2.45) is 0 Å². The first-order valence-electron chi connectivity index (χ1n) is 9.50. The van der Waals surface area contributed by atoms with Gasteiger partial charge in [-0.3, -0.25) is 4.98 Å². The van der Waals surface area contributed by atoms with E-state index in [1.807, 2.05) is 39.0 Å². The number of likely N-dealkylation sites (tertiary alicyclic amines) is 1. The fraction of sp³-hybridized carbons (Fsp3) is 0.409. The smallest absolute Gasteiger partial charge is 0.410 e. The first kappa shape index (κ1) is 19.9. The molecule has 1 aromatic heterocycles. The maximum absolute atomic E-state index is 12.4. The average Bonchev–Trinajstić information content (AvgIpc) is 2.67. The Hall–Kier alpha value is -2.89. The number of rotatable bonds is 3. The lowest BCUT2D eigenvalue weighted by Crippen LogP contribution is -2.42. The predicted octanol–water partition coefficient (Wildman–Crippen LogP) is 4.56. The number of hydrogen-bond donors (Lipinski definition) is 1. The van der Waals surface area contributed by atoms with Crippen LogP contribution in [0.15, 0.2) is 42.6 Å². The molecule has 1 unspecified atom stereocenters. The standard InChI is InChI=1S/C22H26N2O4/c1-22(2,3)28-21(27)24-11-5-8-18(14-24)15-9-10-23-19(13-15)16-6-4-7-17(12-16)20(25)26/h4,6-7,9-10,12-13,18H,5,8,11,14H2,1-3H3,(H,25,26). The van der Waals surface area contributed by atoms with Crippen molar-refractivity contribution in [3.63, 3.8) is 0 Å². The van der Waals surface area contributed by atoms with Crippen LogP contribution in [0.2, 0.25) is 0 Å². The first-order valence-corrected chi connectivity index (χ1v) is 9.50. The number of amides is 1. The van der Waals surface area contributed by atoms with Gasteiger partial charge in [0.2, 0.25) is 0 Å². The second-order valence-electron chi connectivity index (χ2n) is 8.13. The number of ether oxygens (including phenoxy) is 1. The van der Waals surface area contributed by atoms with E-state index in [0.29, 0.717) is 13.1 Å². The third-order valence-electron chi connectivity index (χ3n) is 4.73. The highest BCUT2D eigenvalue weighted by Crippen LogP contribution is 2.30. The monoisotopic (exact) mass is 382 g/mol. The predicted molar refractivity (Wildman–Crippen MR) is 106 cm³/mol. The van der Waals surface area contributed by atoms with E-state index in [-0.39, 0.29) is 17.6 Å². The number of aromatic carboxylic acids is 1. The summed E-state index contributed by atoms with van der Waals surface area (Å²) in [6, 6.07) is 10.7. The molecule has 1 aliphatic rings. The van der Waals surface area contributed by atoms with Gasteiger partial charge < -0.3 is 14.7 Å². The Balaban J connectivity index is 1.79. The van der Waals surface area contributed by atoms with Crippen LogP contribution >= 0.6 is 0 Å². The Bertz CT molecular complexity index is 873. The summed E-state index contributed by atoms with van der Waals surface area (Å²) in [5.74, 6) is -0.760. The minimum atomic E-state index is -0.960. The fourth-order valence-corrected chi connectivity index (χ4v) is 3.41. The van der Waals surface area contributed by atoms with Gasteiger partial charge in [0.15, 0.2) is 0 Å². The van der Waals surface area contributed by atoms with E-state index in [4.69, 9.17) is 4.74 Å². The highest BCUT2D eigenvalue weighted by atomic mass is 16.6. The van der Waals surface area contributed by atoms with Gasteiger partial charge in [-0.25, -0.2) is 9.59 Å². The van der Waals surface area contributed by atoms with E-state index in [2.05, 4.69) is 4.98 Å². The minimum Gasteiger partial charge on any atom is -0.478 e.